The normalized spacial score (nSPS) is 15.1. The summed E-state index contributed by atoms with van der Waals surface area (Å²) in [6, 6.07) is 11.6. The highest BCUT2D eigenvalue weighted by Crippen LogP contribution is 2.47. The number of halogens is 2. The van der Waals surface area contributed by atoms with Crippen molar-refractivity contribution in [2.75, 3.05) is 11.9 Å². The number of hydrogen-bond donors (Lipinski definition) is 2. The van der Waals surface area contributed by atoms with E-state index in [1.807, 2.05) is 6.92 Å². The lowest BCUT2D eigenvalue weighted by molar-refractivity contribution is 0.251. The largest absolute Gasteiger partial charge is 0.337 e. The van der Waals surface area contributed by atoms with Gasteiger partial charge in [-0.2, -0.15) is 0 Å². The molecule has 5 heteroatoms. The van der Waals surface area contributed by atoms with Crippen molar-refractivity contribution < 1.29 is 9.18 Å². The number of benzene rings is 2. The van der Waals surface area contributed by atoms with Crippen LogP contribution in [0.25, 0.3) is 0 Å². The van der Waals surface area contributed by atoms with Crippen LogP contribution in [0.1, 0.15) is 24.0 Å². The Morgan fingerprint density at radius 3 is 2.52 bits per heavy atom. The predicted octanol–water partition coefficient (Wildman–Crippen LogP) is 4.64. The second-order valence-electron chi connectivity index (χ2n) is 6.05. The van der Waals surface area contributed by atoms with Gasteiger partial charge in [0.15, 0.2) is 0 Å². The van der Waals surface area contributed by atoms with Crippen molar-refractivity contribution >= 4 is 23.3 Å². The summed E-state index contributed by atoms with van der Waals surface area (Å²) in [6.07, 6.45) is 2.00. The third-order valence-corrected chi connectivity index (χ3v) is 4.57. The van der Waals surface area contributed by atoms with Crippen molar-refractivity contribution in [2.24, 2.45) is 0 Å². The quantitative estimate of drug-likeness (QED) is 0.841. The molecule has 0 radical (unpaired) electrons. The number of urea groups is 1. The van der Waals surface area contributed by atoms with Gasteiger partial charge in [-0.25, -0.2) is 9.18 Å². The maximum Gasteiger partial charge on any atom is 0.319 e. The van der Waals surface area contributed by atoms with E-state index < -0.39 is 0 Å². The summed E-state index contributed by atoms with van der Waals surface area (Å²) in [5.41, 5.74) is 2.66. The summed E-state index contributed by atoms with van der Waals surface area (Å²) in [4.78, 5) is 12.1. The molecular formula is C18H18ClFN2O. The van der Waals surface area contributed by atoms with Gasteiger partial charge in [0.2, 0.25) is 0 Å². The fraction of sp³-hybridized carbons (Fsp3) is 0.278. The zero-order valence-corrected chi connectivity index (χ0v) is 13.6. The molecule has 23 heavy (non-hydrogen) atoms. The Kier molecular flexibility index (Phi) is 4.26. The van der Waals surface area contributed by atoms with Crippen LogP contribution in [0.2, 0.25) is 5.02 Å². The highest BCUT2D eigenvalue weighted by molar-refractivity contribution is 6.30. The molecule has 0 unspecified atom stereocenters. The van der Waals surface area contributed by atoms with Crippen LogP contribution in [-0.2, 0) is 5.41 Å². The van der Waals surface area contributed by atoms with Crippen LogP contribution in [0, 0.1) is 12.7 Å². The summed E-state index contributed by atoms with van der Waals surface area (Å²) in [5, 5.41) is 6.38. The summed E-state index contributed by atoms with van der Waals surface area (Å²) in [7, 11) is 0. The Balaban J connectivity index is 1.59. The molecule has 3 nitrogen and oxygen atoms in total. The standard InChI is InChI=1S/C18H18ClFN2O/c1-12-10-14(19)4-7-16(12)22-17(23)21-11-18(8-9-18)13-2-5-15(20)6-3-13/h2-7,10H,8-9,11H2,1H3,(H2,21,22,23). The second kappa shape index (κ2) is 6.20. The fourth-order valence-corrected chi connectivity index (χ4v) is 2.93. The lowest BCUT2D eigenvalue weighted by atomic mass is 9.96. The summed E-state index contributed by atoms with van der Waals surface area (Å²) in [5.74, 6) is -0.242. The second-order valence-corrected chi connectivity index (χ2v) is 6.49. The lowest BCUT2D eigenvalue weighted by Gasteiger charge is -2.17. The van der Waals surface area contributed by atoms with Gasteiger partial charge in [0.25, 0.3) is 0 Å². The Hall–Kier alpha value is -2.07. The van der Waals surface area contributed by atoms with E-state index in [9.17, 15) is 9.18 Å². The Morgan fingerprint density at radius 1 is 1.22 bits per heavy atom. The molecule has 1 aliphatic carbocycles. The minimum atomic E-state index is -0.246. The molecule has 1 saturated carbocycles. The van der Waals surface area contributed by atoms with Crippen LogP contribution in [0.4, 0.5) is 14.9 Å². The number of carbonyl (C=O) groups is 1. The van der Waals surface area contributed by atoms with Gasteiger partial charge in [-0.05, 0) is 61.2 Å². The van der Waals surface area contributed by atoms with E-state index in [1.54, 1.807) is 30.3 Å². The number of carbonyl (C=O) groups excluding carboxylic acids is 1. The maximum atomic E-state index is 13.0. The maximum absolute atomic E-state index is 13.0. The van der Waals surface area contributed by atoms with Crippen LogP contribution >= 0.6 is 11.6 Å². The molecule has 2 aromatic rings. The van der Waals surface area contributed by atoms with E-state index in [0.29, 0.717) is 11.6 Å². The van der Waals surface area contributed by atoms with E-state index in [0.717, 1.165) is 29.7 Å². The van der Waals surface area contributed by atoms with Gasteiger partial charge in [-0.1, -0.05) is 23.7 Å². The number of amides is 2. The minimum Gasteiger partial charge on any atom is -0.337 e. The summed E-state index contributed by atoms with van der Waals surface area (Å²) in [6.45, 7) is 2.43. The number of anilines is 1. The van der Waals surface area contributed by atoms with Crippen LogP contribution in [0.5, 0.6) is 0 Å². The molecule has 0 bridgehead atoms. The van der Waals surface area contributed by atoms with Crippen molar-refractivity contribution in [3.05, 3.63) is 64.4 Å². The topological polar surface area (TPSA) is 41.1 Å². The summed E-state index contributed by atoms with van der Waals surface area (Å²) < 4.78 is 13.0. The lowest BCUT2D eigenvalue weighted by Crippen LogP contribution is -2.35. The van der Waals surface area contributed by atoms with Gasteiger partial charge in [0.05, 0.1) is 0 Å². The molecule has 0 saturated heterocycles. The fourth-order valence-electron chi connectivity index (χ4n) is 2.71. The molecule has 2 aromatic carbocycles. The average molecular weight is 333 g/mol. The molecular weight excluding hydrogens is 315 g/mol. The number of nitrogens with one attached hydrogen (secondary N) is 2. The Labute approximate surface area is 139 Å². The Morgan fingerprint density at radius 2 is 1.91 bits per heavy atom. The van der Waals surface area contributed by atoms with Crippen LogP contribution in [-0.4, -0.2) is 12.6 Å². The first kappa shape index (κ1) is 15.8. The van der Waals surface area contributed by atoms with Gasteiger partial charge in [0.1, 0.15) is 5.82 Å². The molecule has 1 fully saturated rings. The van der Waals surface area contributed by atoms with E-state index >= 15 is 0 Å². The first-order chi connectivity index (χ1) is 11.0. The van der Waals surface area contributed by atoms with Crippen LogP contribution in [0.3, 0.4) is 0 Å². The Bertz CT molecular complexity index is 726. The van der Waals surface area contributed by atoms with Crippen LogP contribution < -0.4 is 10.6 Å². The zero-order valence-electron chi connectivity index (χ0n) is 12.8. The van der Waals surface area contributed by atoms with Crippen molar-refractivity contribution in [3.8, 4) is 0 Å². The number of aryl methyl sites for hydroxylation is 1. The van der Waals surface area contributed by atoms with E-state index in [1.165, 1.54) is 12.1 Å². The molecule has 2 amide bonds. The SMILES string of the molecule is Cc1cc(Cl)ccc1NC(=O)NCC1(c2ccc(F)cc2)CC1. The molecule has 120 valence electrons. The smallest absolute Gasteiger partial charge is 0.319 e. The zero-order chi connectivity index (χ0) is 16.4. The monoisotopic (exact) mass is 332 g/mol. The first-order valence-electron chi connectivity index (χ1n) is 7.56. The first-order valence-corrected chi connectivity index (χ1v) is 7.93. The van der Waals surface area contributed by atoms with Crippen molar-refractivity contribution in [1.82, 2.24) is 5.32 Å². The molecule has 0 aliphatic heterocycles. The van der Waals surface area contributed by atoms with Gasteiger partial charge < -0.3 is 10.6 Å². The molecule has 2 N–H and O–H groups in total. The van der Waals surface area contributed by atoms with E-state index in [2.05, 4.69) is 10.6 Å². The third-order valence-electron chi connectivity index (χ3n) is 4.33. The minimum absolute atomic E-state index is 0.0555. The van der Waals surface area contributed by atoms with E-state index in [4.69, 9.17) is 11.6 Å². The molecule has 0 spiro atoms. The van der Waals surface area contributed by atoms with Gasteiger partial charge >= 0.3 is 6.03 Å². The van der Waals surface area contributed by atoms with Crippen molar-refractivity contribution in [1.29, 1.82) is 0 Å². The van der Waals surface area contributed by atoms with Crippen LogP contribution in [0.15, 0.2) is 42.5 Å². The predicted molar refractivity (Wildman–Crippen MR) is 90.5 cm³/mol. The van der Waals surface area contributed by atoms with Crippen molar-refractivity contribution in [3.63, 3.8) is 0 Å². The number of hydrogen-bond acceptors (Lipinski definition) is 1. The van der Waals surface area contributed by atoms with Gasteiger partial charge in [-0.15, -0.1) is 0 Å². The average Bonchev–Trinajstić information content (AvgIpc) is 3.30. The third kappa shape index (κ3) is 3.64. The highest BCUT2D eigenvalue weighted by atomic mass is 35.5. The number of rotatable bonds is 4. The van der Waals surface area contributed by atoms with Crippen molar-refractivity contribution in [2.45, 2.75) is 25.2 Å². The molecule has 3 rings (SSSR count). The molecule has 0 aromatic heterocycles. The molecule has 0 heterocycles. The summed E-state index contributed by atoms with van der Waals surface area (Å²) >= 11 is 5.91. The van der Waals surface area contributed by atoms with E-state index in [-0.39, 0.29) is 17.3 Å². The molecule has 1 aliphatic rings. The molecule has 0 atom stereocenters. The van der Waals surface area contributed by atoms with Gasteiger partial charge in [0, 0.05) is 22.7 Å². The highest BCUT2D eigenvalue weighted by Gasteiger charge is 2.44. The van der Waals surface area contributed by atoms with Gasteiger partial charge in [-0.3, -0.25) is 0 Å².